The molecule has 10 heteroatoms. The number of sulfone groups is 1. The lowest BCUT2D eigenvalue weighted by atomic mass is 10.1. The fraction of sp³-hybridized carbons (Fsp3) is 0.250. The summed E-state index contributed by atoms with van der Waals surface area (Å²) < 4.78 is 51.1. The average molecular weight is 500 g/mol. The summed E-state index contributed by atoms with van der Waals surface area (Å²) in [5, 5.41) is 2.75. The van der Waals surface area contributed by atoms with Crippen LogP contribution in [0.1, 0.15) is 29.6 Å². The number of carbonyl (C=O) groups excluding carboxylic acids is 1. The van der Waals surface area contributed by atoms with Gasteiger partial charge in [0.25, 0.3) is 5.91 Å². The van der Waals surface area contributed by atoms with Crippen LogP contribution in [0.25, 0.3) is 11.3 Å². The molecule has 3 aromatic rings. The number of benzene rings is 2. The van der Waals surface area contributed by atoms with Gasteiger partial charge in [-0.1, -0.05) is 18.6 Å². The predicted molar refractivity (Wildman–Crippen MR) is 130 cm³/mol. The zero-order valence-electron chi connectivity index (χ0n) is 18.6. The Kier molecular flexibility index (Phi) is 6.83. The highest BCUT2D eigenvalue weighted by molar-refractivity contribution is 7.90. The van der Waals surface area contributed by atoms with Gasteiger partial charge in [0.05, 0.1) is 15.5 Å². The summed E-state index contributed by atoms with van der Waals surface area (Å²) in [6.45, 7) is 1.06. The van der Waals surface area contributed by atoms with Crippen molar-refractivity contribution in [2.45, 2.75) is 29.1 Å². The van der Waals surface area contributed by atoms with E-state index in [1.807, 2.05) is 0 Å². The molecule has 1 aromatic heterocycles. The van der Waals surface area contributed by atoms with Crippen LogP contribution >= 0.6 is 0 Å². The standard InChI is InChI=1S/C24H25N3O5S2/c1-33(29,30)22-6-5-15-25-23(22)18-7-9-19(10-8-18)24(28)26-20-11-13-21(14-12-20)34(31,32)27-16-3-2-4-17-27/h5-15H,2-4,16-17H2,1H3,(H,26,28). The molecule has 2 heterocycles. The van der Waals surface area contributed by atoms with Crippen LogP contribution in [0, 0.1) is 0 Å². The van der Waals surface area contributed by atoms with Gasteiger partial charge in [-0.3, -0.25) is 9.78 Å². The number of sulfonamides is 1. The molecule has 34 heavy (non-hydrogen) atoms. The number of anilines is 1. The smallest absolute Gasteiger partial charge is 0.255 e. The molecule has 0 atom stereocenters. The van der Waals surface area contributed by atoms with Crippen molar-refractivity contribution < 1.29 is 21.6 Å². The SMILES string of the molecule is CS(=O)(=O)c1cccnc1-c1ccc(C(=O)Nc2ccc(S(=O)(=O)N3CCCCC3)cc2)cc1. The number of hydrogen-bond donors (Lipinski definition) is 1. The minimum absolute atomic E-state index is 0.117. The second kappa shape index (κ2) is 9.65. The van der Waals surface area contributed by atoms with Crippen molar-refractivity contribution in [2.24, 2.45) is 0 Å². The van der Waals surface area contributed by atoms with Crippen molar-refractivity contribution in [3.05, 3.63) is 72.4 Å². The largest absolute Gasteiger partial charge is 0.322 e. The molecule has 1 fully saturated rings. The molecule has 178 valence electrons. The second-order valence-electron chi connectivity index (χ2n) is 8.14. The monoisotopic (exact) mass is 499 g/mol. The summed E-state index contributed by atoms with van der Waals surface area (Å²) in [6, 6.07) is 15.6. The van der Waals surface area contributed by atoms with Gasteiger partial charge in [-0.05, 0) is 61.4 Å². The molecule has 1 N–H and O–H groups in total. The van der Waals surface area contributed by atoms with E-state index in [1.54, 1.807) is 42.5 Å². The molecule has 0 aliphatic carbocycles. The van der Waals surface area contributed by atoms with E-state index < -0.39 is 19.9 Å². The molecule has 8 nitrogen and oxygen atoms in total. The highest BCUT2D eigenvalue weighted by atomic mass is 32.2. The van der Waals surface area contributed by atoms with Crippen molar-refractivity contribution in [2.75, 3.05) is 24.7 Å². The Hall–Kier alpha value is -3.08. The summed E-state index contributed by atoms with van der Waals surface area (Å²) in [5.74, 6) is -0.373. The van der Waals surface area contributed by atoms with E-state index >= 15 is 0 Å². The van der Waals surface area contributed by atoms with Gasteiger partial charge in [-0.2, -0.15) is 4.31 Å². The van der Waals surface area contributed by atoms with E-state index in [-0.39, 0.29) is 15.7 Å². The lowest BCUT2D eigenvalue weighted by Crippen LogP contribution is -2.35. The van der Waals surface area contributed by atoms with Crippen molar-refractivity contribution in [3.63, 3.8) is 0 Å². The number of nitrogens with one attached hydrogen (secondary N) is 1. The maximum atomic E-state index is 12.8. The minimum Gasteiger partial charge on any atom is -0.322 e. The van der Waals surface area contributed by atoms with Gasteiger partial charge in [-0.15, -0.1) is 0 Å². The Labute approximate surface area is 199 Å². The number of aromatic nitrogens is 1. The van der Waals surface area contributed by atoms with E-state index in [2.05, 4.69) is 10.3 Å². The normalized spacial score (nSPS) is 15.1. The third-order valence-corrected chi connectivity index (χ3v) is 8.70. The highest BCUT2D eigenvalue weighted by Crippen LogP contribution is 2.26. The summed E-state index contributed by atoms with van der Waals surface area (Å²) in [4.78, 5) is 17.2. The predicted octanol–water partition coefficient (Wildman–Crippen LogP) is 3.58. The van der Waals surface area contributed by atoms with Crippen LogP contribution in [0.5, 0.6) is 0 Å². The molecule has 1 saturated heterocycles. The van der Waals surface area contributed by atoms with E-state index in [0.717, 1.165) is 25.5 Å². The summed E-state index contributed by atoms with van der Waals surface area (Å²) in [7, 11) is -6.99. The molecule has 4 rings (SSSR count). The van der Waals surface area contributed by atoms with E-state index in [0.29, 0.717) is 35.6 Å². The van der Waals surface area contributed by atoms with Gasteiger partial charge in [0.1, 0.15) is 0 Å². The van der Waals surface area contributed by atoms with Crippen LogP contribution in [0.4, 0.5) is 5.69 Å². The first-order valence-electron chi connectivity index (χ1n) is 10.8. The van der Waals surface area contributed by atoms with Gasteiger partial charge in [0.15, 0.2) is 9.84 Å². The lowest BCUT2D eigenvalue weighted by Gasteiger charge is -2.25. The van der Waals surface area contributed by atoms with Crippen LogP contribution in [0.2, 0.25) is 0 Å². The quantitative estimate of drug-likeness (QED) is 0.555. The van der Waals surface area contributed by atoms with Gasteiger partial charge >= 0.3 is 0 Å². The summed E-state index contributed by atoms with van der Waals surface area (Å²) >= 11 is 0. The highest BCUT2D eigenvalue weighted by Gasteiger charge is 2.25. The Balaban J connectivity index is 1.48. The zero-order valence-corrected chi connectivity index (χ0v) is 20.3. The van der Waals surface area contributed by atoms with E-state index in [4.69, 9.17) is 0 Å². The Morgan fingerprint density at radius 3 is 2.15 bits per heavy atom. The summed E-state index contributed by atoms with van der Waals surface area (Å²) in [6.07, 6.45) is 5.40. The lowest BCUT2D eigenvalue weighted by molar-refractivity contribution is 0.102. The average Bonchev–Trinajstić information content (AvgIpc) is 2.84. The number of carbonyl (C=O) groups is 1. The van der Waals surface area contributed by atoms with Crippen molar-refractivity contribution >= 4 is 31.5 Å². The fourth-order valence-corrected chi connectivity index (χ4v) is 6.22. The molecule has 1 aliphatic rings. The second-order valence-corrected chi connectivity index (χ2v) is 12.1. The molecule has 0 radical (unpaired) electrons. The third kappa shape index (κ3) is 5.19. The Morgan fingerprint density at radius 2 is 1.53 bits per heavy atom. The van der Waals surface area contributed by atoms with Gasteiger partial charge < -0.3 is 5.32 Å². The third-order valence-electron chi connectivity index (χ3n) is 5.66. The first-order valence-corrected chi connectivity index (χ1v) is 14.2. The topological polar surface area (TPSA) is 114 Å². The number of rotatable bonds is 6. The van der Waals surface area contributed by atoms with Crippen LogP contribution in [0.15, 0.2) is 76.7 Å². The molecule has 0 bridgehead atoms. The van der Waals surface area contributed by atoms with Crippen LogP contribution in [-0.4, -0.2) is 51.4 Å². The molecule has 2 aromatic carbocycles. The fourth-order valence-electron chi connectivity index (χ4n) is 3.85. The van der Waals surface area contributed by atoms with Crippen LogP contribution in [-0.2, 0) is 19.9 Å². The minimum atomic E-state index is -3.53. The molecule has 0 spiro atoms. The molecular weight excluding hydrogens is 474 g/mol. The van der Waals surface area contributed by atoms with Crippen molar-refractivity contribution in [3.8, 4) is 11.3 Å². The van der Waals surface area contributed by atoms with Gasteiger partial charge in [0, 0.05) is 42.4 Å². The first-order chi connectivity index (χ1) is 16.2. The van der Waals surface area contributed by atoms with Gasteiger partial charge in [0.2, 0.25) is 10.0 Å². The maximum absolute atomic E-state index is 12.8. The van der Waals surface area contributed by atoms with E-state index in [1.165, 1.54) is 28.7 Å². The van der Waals surface area contributed by atoms with E-state index in [9.17, 15) is 21.6 Å². The first kappa shape index (κ1) is 24.1. The van der Waals surface area contributed by atoms with Crippen molar-refractivity contribution in [1.82, 2.24) is 9.29 Å². The molecule has 1 aliphatic heterocycles. The number of hydrogen-bond acceptors (Lipinski definition) is 6. The summed E-state index contributed by atoms with van der Waals surface area (Å²) in [5.41, 5.74) is 1.73. The van der Waals surface area contributed by atoms with Crippen molar-refractivity contribution in [1.29, 1.82) is 0 Å². The number of amides is 1. The van der Waals surface area contributed by atoms with Crippen LogP contribution in [0.3, 0.4) is 0 Å². The van der Waals surface area contributed by atoms with Gasteiger partial charge in [-0.25, -0.2) is 16.8 Å². The molecular formula is C24H25N3O5S2. The number of nitrogens with zero attached hydrogens (tertiary/aromatic N) is 2. The maximum Gasteiger partial charge on any atom is 0.255 e. The van der Waals surface area contributed by atoms with Crippen LogP contribution < -0.4 is 5.32 Å². The Morgan fingerprint density at radius 1 is 0.882 bits per heavy atom. The molecule has 0 unspecified atom stereocenters. The molecule has 0 saturated carbocycles. The molecule has 1 amide bonds. The number of pyridine rings is 1. The Bertz CT molecular complexity index is 1400. The number of piperidine rings is 1. The zero-order chi connectivity index (χ0) is 24.3.